The monoisotopic (exact) mass is 229 g/mol. The van der Waals surface area contributed by atoms with E-state index in [4.69, 9.17) is 5.73 Å². The molecule has 2 heteroatoms. The molecular formula is C12H15FeN. The second kappa shape index (κ2) is 0.316. The Morgan fingerprint density at radius 1 is 0.929 bits per heavy atom. The van der Waals surface area contributed by atoms with Crippen LogP contribution in [0, 0.1) is 0 Å². The molecule has 76 valence electrons. The summed E-state index contributed by atoms with van der Waals surface area (Å²) in [6, 6.07) is 0.636. The Hall–Kier alpha value is 0.479. The first kappa shape index (κ1) is 4.77. The Kier molecular flexibility index (Phi) is 0.108. The van der Waals surface area contributed by atoms with Gasteiger partial charge in [0.2, 0.25) is 0 Å². The Labute approximate surface area is 73.1 Å². The van der Waals surface area contributed by atoms with Crippen LogP contribution in [0.3, 0.4) is 0 Å². The van der Waals surface area contributed by atoms with Crippen LogP contribution in [0.2, 0.25) is 47.7 Å². The summed E-state index contributed by atoms with van der Waals surface area (Å²) in [4.78, 5) is 13.1. The van der Waals surface area contributed by atoms with Crippen LogP contribution in [-0.4, -0.2) is 6.04 Å². The molecule has 2 N–H and O–H groups in total. The summed E-state index contributed by atoms with van der Waals surface area (Å²) in [6.45, 7) is -0.311. The fourth-order valence-corrected chi connectivity index (χ4v) is 93.4. The van der Waals surface area contributed by atoms with E-state index in [2.05, 4.69) is 6.92 Å². The van der Waals surface area contributed by atoms with Crippen molar-refractivity contribution < 1.29 is 6.51 Å². The third-order valence-corrected chi connectivity index (χ3v) is 58.3. The predicted molar refractivity (Wildman–Crippen MR) is 50.1 cm³/mol. The van der Waals surface area contributed by atoms with Crippen LogP contribution in [0.1, 0.15) is 6.92 Å². The molecule has 1 nitrogen and oxygen atoms in total. The molecule has 0 aromatic heterocycles. The second-order valence-corrected chi connectivity index (χ2v) is 34.1. The summed E-state index contributed by atoms with van der Waals surface area (Å²) in [5.74, 6) is 0. The van der Waals surface area contributed by atoms with Gasteiger partial charge in [-0.15, -0.1) is 0 Å². The van der Waals surface area contributed by atoms with Crippen molar-refractivity contribution in [3.63, 3.8) is 0 Å². The molecule has 0 saturated carbocycles. The van der Waals surface area contributed by atoms with Crippen LogP contribution in [0.25, 0.3) is 0 Å². The molecular weight excluding hydrogens is 214 g/mol. The van der Waals surface area contributed by atoms with Crippen molar-refractivity contribution in [2.24, 2.45) is 5.73 Å². The van der Waals surface area contributed by atoms with Gasteiger partial charge in [-0.3, -0.25) is 0 Å². The molecule has 1 spiro atoms. The van der Waals surface area contributed by atoms with E-state index >= 15 is 0 Å². The van der Waals surface area contributed by atoms with Gasteiger partial charge in [0.25, 0.3) is 0 Å². The molecule has 10 rings (SSSR count). The molecule has 0 bridgehead atoms. The number of nitrogens with two attached hydrogens (primary N) is 1. The van der Waals surface area contributed by atoms with Crippen molar-refractivity contribution in [2.75, 3.05) is 0 Å². The van der Waals surface area contributed by atoms with Crippen LogP contribution in [0.15, 0.2) is 0 Å². The Morgan fingerprint density at radius 2 is 1.36 bits per heavy atom. The van der Waals surface area contributed by atoms with Gasteiger partial charge < -0.3 is 0 Å². The molecule has 0 aromatic carbocycles. The second-order valence-electron chi connectivity index (χ2n) is 10.5. The number of fused-ring (bicyclic) bond motifs is 10. The van der Waals surface area contributed by atoms with Gasteiger partial charge in [0, 0.05) is 0 Å². The van der Waals surface area contributed by atoms with Gasteiger partial charge in [-0.25, -0.2) is 0 Å². The van der Waals surface area contributed by atoms with Gasteiger partial charge in [-0.05, 0) is 0 Å². The van der Waals surface area contributed by atoms with Gasteiger partial charge in [-0.2, -0.15) is 0 Å². The van der Waals surface area contributed by atoms with E-state index in [1.54, 1.807) is 0 Å². The van der Waals surface area contributed by atoms with E-state index < -0.39 is 6.51 Å². The van der Waals surface area contributed by atoms with E-state index in [0.29, 0.717) is 6.04 Å². The first-order chi connectivity index (χ1) is 6.49. The molecule has 10 heterocycles. The SMILES string of the molecule is CC(N)[C]12[CH]3[CH]4[CH]5[CH]1[Fe]45321678[CH]2[CH]1[CH]6[CH]7[CH]28. The van der Waals surface area contributed by atoms with E-state index in [1.165, 1.54) is 43.3 Å². The molecule has 0 radical (unpaired) electrons. The molecule has 5 unspecified atom stereocenters. The first-order valence-corrected chi connectivity index (χ1v) is 12.7. The summed E-state index contributed by atoms with van der Waals surface area (Å²) in [5, 5.41) is 0. The molecule has 5 atom stereocenters. The van der Waals surface area contributed by atoms with Crippen LogP contribution in [0.5, 0.6) is 0 Å². The van der Waals surface area contributed by atoms with Crippen LogP contribution in [-0.2, 0) is 6.51 Å². The molecule has 14 heavy (non-hydrogen) atoms. The summed E-state index contributed by atoms with van der Waals surface area (Å²) in [5.41, 5.74) is 6.51. The van der Waals surface area contributed by atoms with E-state index in [9.17, 15) is 0 Å². The molecule has 0 amide bonds. The van der Waals surface area contributed by atoms with Crippen LogP contribution >= 0.6 is 0 Å². The fourth-order valence-electron chi connectivity index (χ4n) is 17.6. The minimum absolute atomic E-state index is 0.636. The van der Waals surface area contributed by atoms with Crippen molar-refractivity contribution >= 4 is 0 Å². The van der Waals surface area contributed by atoms with Crippen molar-refractivity contribution in [3.8, 4) is 0 Å². The van der Waals surface area contributed by atoms with Crippen LogP contribution < -0.4 is 5.73 Å². The average molecular weight is 229 g/mol. The summed E-state index contributed by atoms with van der Waals surface area (Å²) < 4.78 is 0.971. The minimum atomic E-state index is -2.71. The van der Waals surface area contributed by atoms with Gasteiger partial charge in [-0.1, -0.05) is 0 Å². The number of hydrogen-bond acceptors (Lipinski definition) is 1. The first-order valence-electron chi connectivity index (χ1n) is 6.46. The zero-order valence-corrected chi connectivity index (χ0v) is 9.31. The van der Waals surface area contributed by atoms with Gasteiger partial charge in [0.15, 0.2) is 0 Å². The predicted octanol–water partition coefficient (Wildman–Crippen LogP) is 3.09. The van der Waals surface area contributed by atoms with Crippen molar-refractivity contribution in [1.82, 2.24) is 0 Å². The Bertz CT molecular complexity index is 800. The molecule has 0 aliphatic carbocycles. The quantitative estimate of drug-likeness (QED) is 0.687. The topological polar surface area (TPSA) is 26.0 Å². The third-order valence-electron chi connectivity index (χ3n) is 15.5. The average Bonchev–Trinajstić information content (AvgIpc) is 3.13. The van der Waals surface area contributed by atoms with Gasteiger partial charge >= 0.3 is 72.9 Å². The fraction of sp³-hybridized carbons (Fsp3) is 1.00. The third kappa shape index (κ3) is 0.0341. The van der Waals surface area contributed by atoms with E-state index in [1.807, 2.05) is 0 Å². The van der Waals surface area contributed by atoms with Crippen LogP contribution in [0.4, 0.5) is 0 Å². The Morgan fingerprint density at radius 3 is 1.43 bits per heavy atom. The van der Waals surface area contributed by atoms with Gasteiger partial charge in [0.05, 0.1) is 0 Å². The molecule has 10 aliphatic heterocycles. The number of rotatable bonds is 1. The summed E-state index contributed by atoms with van der Waals surface area (Å²) in [6.07, 6.45) is 0. The Balaban J connectivity index is 1.94. The molecule has 10 aliphatic rings. The maximum atomic E-state index is 6.51. The van der Waals surface area contributed by atoms with Crippen molar-refractivity contribution in [2.45, 2.75) is 60.6 Å². The maximum absolute atomic E-state index is 6.51. The molecule has 10 fully saturated rings. The zero-order chi connectivity index (χ0) is 8.59. The normalized spacial score (nSPS) is 145. The zero-order valence-electron chi connectivity index (χ0n) is 8.20. The standard InChI is InChI=1S/C7H10N.C5H5.Fe/c1-6(8)7-4-2-3-5-7;1-2-4-5-3-1;/h2-6H,8H2,1H3;1-5H;. The molecule has 0 aromatic rings. The van der Waals surface area contributed by atoms with Crippen molar-refractivity contribution in [1.29, 1.82) is 0 Å². The van der Waals surface area contributed by atoms with E-state index in [-0.39, 0.29) is 0 Å². The number of hydrogen-bond donors (Lipinski definition) is 1. The summed E-state index contributed by atoms with van der Waals surface area (Å²) in [7, 11) is 0. The van der Waals surface area contributed by atoms with Gasteiger partial charge in [0.1, 0.15) is 0 Å². The summed E-state index contributed by atoms with van der Waals surface area (Å²) >= 11 is 0. The van der Waals surface area contributed by atoms with Crippen molar-refractivity contribution in [3.05, 3.63) is 0 Å². The van der Waals surface area contributed by atoms with E-state index in [0.717, 1.165) is 4.31 Å². The molecule has 10 saturated heterocycles.